The summed E-state index contributed by atoms with van der Waals surface area (Å²) in [7, 11) is -1.82. The first kappa shape index (κ1) is 14.5. The van der Waals surface area contributed by atoms with E-state index in [0.29, 0.717) is 5.56 Å². The average molecular weight is 260 g/mol. The van der Waals surface area contributed by atoms with E-state index in [1.165, 1.54) is 0 Å². The summed E-state index contributed by atoms with van der Waals surface area (Å²) in [6, 6.07) is 7.05. The van der Waals surface area contributed by atoms with E-state index in [9.17, 15) is 4.79 Å². The van der Waals surface area contributed by atoms with Crippen LogP contribution in [-0.4, -0.2) is 14.1 Å². The highest BCUT2D eigenvalue weighted by Crippen LogP contribution is 2.37. The number of carbonyl (C=O) groups excluding carboxylic acids is 1. The highest BCUT2D eigenvalue weighted by molar-refractivity contribution is 6.74. The van der Waals surface area contributed by atoms with Crippen LogP contribution < -0.4 is 4.43 Å². The molecule has 0 N–H and O–H groups in total. The van der Waals surface area contributed by atoms with Crippen LogP contribution in [0.5, 0.6) is 5.75 Å². The molecule has 96 valence electrons. The molecule has 1 rings (SSSR count). The van der Waals surface area contributed by atoms with E-state index in [1.807, 2.05) is 12.1 Å². The molecule has 0 saturated heterocycles. The van der Waals surface area contributed by atoms with Crippen LogP contribution in [-0.2, 0) is 0 Å². The maximum absolute atomic E-state index is 11.3. The van der Waals surface area contributed by atoms with Crippen LogP contribution >= 0.6 is 0 Å². The van der Waals surface area contributed by atoms with Gasteiger partial charge in [-0.15, -0.1) is 6.42 Å². The SMILES string of the molecule is C#CC(=O)c1ccc(O[Si](C)(C)C(C)(C)C)cc1. The van der Waals surface area contributed by atoms with Gasteiger partial charge in [-0.1, -0.05) is 20.8 Å². The Balaban J connectivity index is 2.89. The van der Waals surface area contributed by atoms with Gasteiger partial charge in [0.2, 0.25) is 14.1 Å². The number of hydrogen-bond donors (Lipinski definition) is 0. The van der Waals surface area contributed by atoms with E-state index < -0.39 is 8.32 Å². The minimum atomic E-state index is -1.82. The molecule has 0 unspecified atom stereocenters. The zero-order valence-electron chi connectivity index (χ0n) is 11.7. The number of ketones is 1. The Bertz CT molecular complexity index is 473. The first-order valence-electron chi connectivity index (χ1n) is 5.97. The van der Waals surface area contributed by atoms with Crippen LogP contribution in [0.15, 0.2) is 24.3 Å². The molecule has 0 fully saturated rings. The van der Waals surface area contributed by atoms with Crippen LogP contribution in [0.3, 0.4) is 0 Å². The summed E-state index contributed by atoms with van der Waals surface area (Å²) in [5, 5.41) is 0.153. The van der Waals surface area contributed by atoms with Gasteiger partial charge in [0.1, 0.15) is 5.75 Å². The van der Waals surface area contributed by atoms with Crippen molar-refractivity contribution in [2.24, 2.45) is 0 Å². The first-order chi connectivity index (χ1) is 8.17. The molecular weight excluding hydrogens is 240 g/mol. The lowest BCUT2D eigenvalue weighted by molar-refractivity contribution is 0.105. The molecule has 1 aromatic carbocycles. The fourth-order valence-corrected chi connectivity index (χ4v) is 2.24. The zero-order chi connectivity index (χ0) is 14.0. The van der Waals surface area contributed by atoms with Crippen LogP contribution in [0.2, 0.25) is 18.1 Å². The van der Waals surface area contributed by atoms with Crippen LogP contribution in [0, 0.1) is 12.3 Å². The monoisotopic (exact) mass is 260 g/mol. The number of terminal acetylenes is 1. The fourth-order valence-electron chi connectivity index (χ4n) is 1.21. The third kappa shape index (κ3) is 3.24. The quantitative estimate of drug-likeness (QED) is 0.357. The van der Waals surface area contributed by atoms with Crippen LogP contribution in [0.25, 0.3) is 0 Å². The highest BCUT2D eigenvalue weighted by Gasteiger charge is 2.38. The Kier molecular flexibility index (Phi) is 4.03. The van der Waals surface area contributed by atoms with Gasteiger partial charge in [0, 0.05) is 5.56 Å². The normalized spacial score (nSPS) is 11.8. The van der Waals surface area contributed by atoms with E-state index in [-0.39, 0.29) is 10.8 Å². The molecule has 0 saturated carbocycles. The van der Waals surface area contributed by atoms with Crippen molar-refractivity contribution in [2.45, 2.75) is 38.9 Å². The van der Waals surface area contributed by atoms with E-state index >= 15 is 0 Å². The van der Waals surface area contributed by atoms with E-state index in [1.54, 1.807) is 12.1 Å². The highest BCUT2D eigenvalue weighted by atomic mass is 28.4. The predicted molar refractivity (Wildman–Crippen MR) is 77.4 cm³/mol. The molecular formula is C15H20O2Si. The van der Waals surface area contributed by atoms with Gasteiger partial charge in [0.05, 0.1) is 0 Å². The first-order valence-corrected chi connectivity index (χ1v) is 8.88. The molecule has 0 bridgehead atoms. The fraction of sp³-hybridized carbons (Fsp3) is 0.400. The predicted octanol–water partition coefficient (Wildman–Crippen LogP) is 3.89. The largest absolute Gasteiger partial charge is 0.544 e. The summed E-state index contributed by atoms with van der Waals surface area (Å²) in [4.78, 5) is 11.3. The van der Waals surface area contributed by atoms with Crippen molar-refractivity contribution in [3.8, 4) is 18.1 Å². The number of carbonyl (C=O) groups is 1. The van der Waals surface area contributed by atoms with Gasteiger partial charge in [-0.2, -0.15) is 0 Å². The number of hydrogen-bond acceptors (Lipinski definition) is 2. The minimum absolute atomic E-state index is 0.153. The Morgan fingerprint density at radius 2 is 1.72 bits per heavy atom. The van der Waals surface area contributed by atoms with Crippen molar-refractivity contribution in [1.29, 1.82) is 0 Å². The number of Topliss-reactive ketones (excluding diaryl/α,β-unsaturated/α-hetero) is 1. The number of benzene rings is 1. The third-order valence-corrected chi connectivity index (χ3v) is 7.79. The van der Waals surface area contributed by atoms with Crippen LogP contribution in [0.1, 0.15) is 31.1 Å². The summed E-state index contributed by atoms with van der Waals surface area (Å²) in [5.41, 5.74) is 0.528. The van der Waals surface area contributed by atoms with Crippen molar-refractivity contribution in [2.75, 3.05) is 0 Å². The summed E-state index contributed by atoms with van der Waals surface area (Å²) in [5.74, 6) is 2.61. The van der Waals surface area contributed by atoms with Gasteiger partial charge in [0.15, 0.2) is 0 Å². The van der Waals surface area contributed by atoms with E-state index in [4.69, 9.17) is 10.8 Å². The Morgan fingerprint density at radius 3 is 2.11 bits per heavy atom. The van der Waals surface area contributed by atoms with Gasteiger partial charge >= 0.3 is 0 Å². The van der Waals surface area contributed by atoms with Gasteiger partial charge in [-0.25, -0.2) is 0 Å². The molecule has 0 aliphatic carbocycles. The molecule has 0 atom stereocenters. The molecule has 0 heterocycles. The second-order valence-electron chi connectivity index (χ2n) is 5.86. The maximum Gasteiger partial charge on any atom is 0.250 e. The molecule has 0 aromatic heterocycles. The van der Waals surface area contributed by atoms with E-state index in [2.05, 4.69) is 39.8 Å². The summed E-state index contributed by atoms with van der Waals surface area (Å²) < 4.78 is 6.11. The van der Waals surface area contributed by atoms with Crippen LogP contribution in [0.4, 0.5) is 0 Å². The topological polar surface area (TPSA) is 26.3 Å². The van der Waals surface area contributed by atoms with E-state index in [0.717, 1.165) is 5.75 Å². The molecule has 3 heteroatoms. The second-order valence-corrected chi connectivity index (χ2v) is 10.6. The molecule has 0 spiro atoms. The van der Waals surface area contributed by atoms with Gasteiger partial charge in [0.25, 0.3) is 0 Å². The van der Waals surface area contributed by atoms with Gasteiger partial charge in [-0.05, 0) is 48.3 Å². The Morgan fingerprint density at radius 1 is 1.22 bits per heavy atom. The standard InChI is InChI=1S/C15H20O2Si/c1-7-14(16)12-8-10-13(11-9-12)17-18(5,6)15(2,3)4/h1,8-11H,2-6H3. The van der Waals surface area contributed by atoms with Crippen molar-refractivity contribution in [3.05, 3.63) is 29.8 Å². The van der Waals surface area contributed by atoms with Crippen molar-refractivity contribution < 1.29 is 9.22 Å². The summed E-state index contributed by atoms with van der Waals surface area (Å²) >= 11 is 0. The second kappa shape index (κ2) is 4.99. The lowest BCUT2D eigenvalue weighted by atomic mass is 10.1. The smallest absolute Gasteiger partial charge is 0.250 e. The zero-order valence-corrected chi connectivity index (χ0v) is 12.7. The molecule has 1 aromatic rings. The minimum Gasteiger partial charge on any atom is -0.544 e. The lowest BCUT2D eigenvalue weighted by Gasteiger charge is -2.36. The van der Waals surface area contributed by atoms with Gasteiger partial charge < -0.3 is 4.43 Å². The Labute approximate surface area is 110 Å². The summed E-state index contributed by atoms with van der Waals surface area (Å²) in [6.07, 6.45) is 5.08. The van der Waals surface area contributed by atoms with Crippen molar-refractivity contribution >= 4 is 14.1 Å². The average Bonchev–Trinajstić information content (AvgIpc) is 2.27. The maximum atomic E-state index is 11.3. The number of rotatable bonds is 3. The summed E-state index contributed by atoms with van der Waals surface area (Å²) in [6.45, 7) is 10.9. The molecule has 18 heavy (non-hydrogen) atoms. The molecule has 2 nitrogen and oxygen atoms in total. The van der Waals surface area contributed by atoms with Crippen molar-refractivity contribution in [3.63, 3.8) is 0 Å². The molecule has 0 aliphatic heterocycles. The molecule has 0 aliphatic rings. The molecule has 0 radical (unpaired) electrons. The molecule has 0 amide bonds. The third-order valence-electron chi connectivity index (χ3n) is 3.43. The Hall–Kier alpha value is -1.53. The lowest BCUT2D eigenvalue weighted by Crippen LogP contribution is -2.43. The van der Waals surface area contributed by atoms with Gasteiger partial charge in [-0.3, -0.25) is 4.79 Å². The van der Waals surface area contributed by atoms with Crippen molar-refractivity contribution in [1.82, 2.24) is 0 Å².